The molecule has 1 N–H and O–H groups in total. The van der Waals surface area contributed by atoms with Gasteiger partial charge in [0.25, 0.3) is 0 Å². The zero-order valence-corrected chi connectivity index (χ0v) is 12.2. The monoisotopic (exact) mass is 301 g/mol. The lowest BCUT2D eigenvalue weighted by Gasteiger charge is -2.22. The molecule has 16 heavy (non-hydrogen) atoms. The minimum atomic E-state index is 0.725. The number of rotatable bonds is 3. The fourth-order valence-corrected chi connectivity index (χ4v) is 3.88. The van der Waals surface area contributed by atoms with E-state index in [2.05, 4.69) is 39.6 Å². The Bertz CT molecular complexity index is 323. The van der Waals surface area contributed by atoms with E-state index in [0.29, 0.717) is 0 Å². The van der Waals surface area contributed by atoms with E-state index in [4.69, 9.17) is 0 Å². The van der Waals surface area contributed by atoms with Gasteiger partial charge in [-0.2, -0.15) is 0 Å². The van der Waals surface area contributed by atoms with Crippen LogP contribution < -0.4 is 5.32 Å². The Kier molecular flexibility index (Phi) is 4.86. The van der Waals surface area contributed by atoms with Crippen LogP contribution in [0.2, 0.25) is 0 Å². The molecule has 1 fully saturated rings. The SMILES string of the molecule is CC1CCCCCC1NCc1cc(Br)cs1. The second-order valence-electron chi connectivity index (χ2n) is 4.83. The van der Waals surface area contributed by atoms with Crippen LogP contribution in [0.4, 0.5) is 0 Å². The molecule has 0 aliphatic heterocycles. The van der Waals surface area contributed by atoms with E-state index in [1.807, 2.05) is 11.3 Å². The Morgan fingerprint density at radius 3 is 2.94 bits per heavy atom. The average molecular weight is 302 g/mol. The van der Waals surface area contributed by atoms with Gasteiger partial charge in [0, 0.05) is 27.3 Å². The highest BCUT2D eigenvalue weighted by atomic mass is 79.9. The standard InChI is InChI=1S/C13H20BrNS/c1-10-5-3-2-4-6-13(10)15-8-12-7-11(14)9-16-12/h7,9-10,13,15H,2-6,8H2,1H3. The number of hydrogen-bond donors (Lipinski definition) is 1. The summed E-state index contributed by atoms with van der Waals surface area (Å²) >= 11 is 5.34. The minimum absolute atomic E-state index is 0.725. The fraction of sp³-hybridized carbons (Fsp3) is 0.692. The van der Waals surface area contributed by atoms with E-state index >= 15 is 0 Å². The maximum absolute atomic E-state index is 3.73. The summed E-state index contributed by atoms with van der Waals surface area (Å²) in [5.41, 5.74) is 0. The molecule has 1 aromatic rings. The molecular formula is C13H20BrNS. The Hall–Kier alpha value is 0.140. The van der Waals surface area contributed by atoms with Gasteiger partial charge in [-0.1, -0.05) is 26.2 Å². The van der Waals surface area contributed by atoms with E-state index in [1.54, 1.807) is 0 Å². The van der Waals surface area contributed by atoms with Crippen LogP contribution in [0.5, 0.6) is 0 Å². The Balaban J connectivity index is 1.83. The van der Waals surface area contributed by atoms with E-state index in [9.17, 15) is 0 Å². The molecular weight excluding hydrogens is 282 g/mol. The molecule has 1 saturated carbocycles. The lowest BCUT2D eigenvalue weighted by molar-refractivity contribution is 0.357. The topological polar surface area (TPSA) is 12.0 Å². The average Bonchev–Trinajstić information content (AvgIpc) is 2.56. The quantitative estimate of drug-likeness (QED) is 0.807. The number of nitrogens with one attached hydrogen (secondary N) is 1. The third kappa shape index (κ3) is 3.57. The Morgan fingerprint density at radius 2 is 2.19 bits per heavy atom. The first-order valence-corrected chi connectivity index (χ1v) is 7.89. The summed E-state index contributed by atoms with van der Waals surface area (Å²) in [5, 5.41) is 5.89. The molecule has 0 bridgehead atoms. The normalized spacial score (nSPS) is 26.6. The van der Waals surface area contributed by atoms with E-state index in [0.717, 1.165) is 18.5 Å². The summed E-state index contributed by atoms with van der Waals surface area (Å²) in [4.78, 5) is 1.43. The second-order valence-corrected chi connectivity index (χ2v) is 6.75. The summed E-state index contributed by atoms with van der Waals surface area (Å²) < 4.78 is 1.21. The van der Waals surface area contributed by atoms with Gasteiger partial charge < -0.3 is 5.32 Å². The van der Waals surface area contributed by atoms with Crippen LogP contribution in [-0.4, -0.2) is 6.04 Å². The van der Waals surface area contributed by atoms with Gasteiger partial charge in [0.15, 0.2) is 0 Å². The number of thiophene rings is 1. The van der Waals surface area contributed by atoms with E-state index < -0.39 is 0 Å². The third-order valence-corrected chi connectivity index (χ3v) is 5.22. The highest BCUT2D eigenvalue weighted by Gasteiger charge is 2.19. The predicted molar refractivity (Wildman–Crippen MR) is 74.9 cm³/mol. The van der Waals surface area contributed by atoms with Crippen LogP contribution in [0, 0.1) is 5.92 Å². The summed E-state index contributed by atoms with van der Waals surface area (Å²) in [7, 11) is 0. The summed E-state index contributed by atoms with van der Waals surface area (Å²) in [6.45, 7) is 3.43. The smallest absolute Gasteiger partial charge is 0.0302 e. The molecule has 1 nitrogen and oxygen atoms in total. The molecule has 0 spiro atoms. The van der Waals surface area contributed by atoms with Crippen molar-refractivity contribution in [3.63, 3.8) is 0 Å². The maximum atomic E-state index is 3.73. The molecule has 3 heteroatoms. The van der Waals surface area contributed by atoms with Gasteiger partial charge >= 0.3 is 0 Å². The molecule has 0 radical (unpaired) electrons. The van der Waals surface area contributed by atoms with Crippen molar-refractivity contribution in [3.8, 4) is 0 Å². The zero-order valence-electron chi connectivity index (χ0n) is 9.84. The predicted octanol–water partition coefficient (Wildman–Crippen LogP) is 4.57. The zero-order chi connectivity index (χ0) is 11.4. The van der Waals surface area contributed by atoms with E-state index in [-0.39, 0.29) is 0 Å². The molecule has 1 aromatic heterocycles. The van der Waals surface area contributed by atoms with Gasteiger partial charge in [0.05, 0.1) is 0 Å². The van der Waals surface area contributed by atoms with Crippen LogP contribution >= 0.6 is 27.3 Å². The Morgan fingerprint density at radius 1 is 1.38 bits per heavy atom. The second kappa shape index (κ2) is 6.18. The molecule has 2 unspecified atom stereocenters. The fourth-order valence-electron chi connectivity index (χ4n) is 2.47. The van der Waals surface area contributed by atoms with Crippen LogP contribution in [0.15, 0.2) is 15.9 Å². The summed E-state index contributed by atoms with van der Waals surface area (Å²) in [5.74, 6) is 0.839. The van der Waals surface area contributed by atoms with Crippen molar-refractivity contribution in [1.82, 2.24) is 5.32 Å². The first kappa shape index (κ1) is 12.6. The molecule has 1 heterocycles. The van der Waals surface area contributed by atoms with E-state index in [1.165, 1.54) is 41.5 Å². The third-order valence-electron chi connectivity index (χ3n) is 3.52. The van der Waals surface area contributed by atoms with Crippen molar-refractivity contribution in [2.45, 2.75) is 51.6 Å². The molecule has 1 aliphatic rings. The van der Waals surface area contributed by atoms with Gasteiger partial charge in [-0.3, -0.25) is 0 Å². The van der Waals surface area contributed by atoms with Gasteiger partial charge in [-0.15, -0.1) is 11.3 Å². The highest BCUT2D eigenvalue weighted by Crippen LogP contribution is 2.24. The van der Waals surface area contributed by atoms with Gasteiger partial charge in [-0.05, 0) is 40.8 Å². The molecule has 2 atom stereocenters. The van der Waals surface area contributed by atoms with Gasteiger partial charge in [0.1, 0.15) is 0 Å². The van der Waals surface area contributed by atoms with Crippen molar-refractivity contribution >= 4 is 27.3 Å². The molecule has 0 aromatic carbocycles. The number of halogens is 1. The molecule has 2 rings (SSSR count). The first-order valence-electron chi connectivity index (χ1n) is 6.22. The highest BCUT2D eigenvalue weighted by molar-refractivity contribution is 9.10. The van der Waals surface area contributed by atoms with Crippen LogP contribution in [-0.2, 0) is 6.54 Å². The lowest BCUT2D eigenvalue weighted by Crippen LogP contribution is -2.33. The first-order chi connectivity index (χ1) is 7.75. The molecule has 90 valence electrons. The lowest BCUT2D eigenvalue weighted by atomic mass is 9.97. The number of hydrogen-bond acceptors (Lipinski definition) is 2. The van der Waals surface area contributed by atoms with Crippen LogP contribution in [0.3, 0.4) is 0 Å². The van der Waals surface area contributed by atoms with Crippen molar-refractivity contribution in [2.24, 2.45) is 5.92 Å². The molecule has 1 aliphatic carbocycles. The van der Waals surface area contributed by atoms with Crippen LogP contribution in [0.25, 0.3) is 0 Å². The van der Waals surface area contributed by atoms with Gasteiger partial charge in [-0.25, -0.2) is 0 Å². The molecule has 0 saturated heterocycles. The summed E-state index contributed by atoms with van der Waals surface area (Å²) in [6.07, 6.45) is 6.99. The van der Waals surface area contributed by atoms with Crippen LogP contribution in [0.1, 0.15) is 43.9 Å². The maximum Gasteiger partial charge on any atom is 0.0302 e. The molecule has 0 amide bonds. The Labute approximate surface area is 111 Å². The largest absolute Gasteiger partial charge is 0.309 e. The van der Waals surface area contributed by atoms with Crippen molar-refractivity contribution in [1.29, 1.82) is 0 Å². The summed E-state index contributed by atoms with van der Waals surface area (Å²) in [6, 6.07) is 2.95. The van der Waals surface area contributed by atoms with Crippen molar-refractivity contribution in [2.75, 3.05) is 0 Å². The minimum Gasteiger partial charge on any atom is -0.309 e. The van der Waals surface area contributed by atoms with Gasteiger partial charge in [0.2, 0.25) is 0 Å². The van der Waals surface area contributed by atoms with Crippen molar-refractivity contribution < 1.29 is 0 Å². The van der Waals surface area contributed by atoms with Crippen molar-refractivity contribution in [3.05, 3.63) is 20.8 Å².